The Morgan fingerprint density at radius 3 is 2.31 bits per heavy atom. The molecule has 3 heteroatoms. The van der Waals surface area contributed by atoms with Crippen LogP contribution in [-0.4, -0.2) is 17.9 Å². The fourth-order valence-corrected chi connectivity index (χ4v) is 1.35. The van der Waals surface area contributed by atoms with E-state index in [1.165, 1.54) is 0 Å². The summed E-state index contributed by atoms with van der Waals surface area (Å²) in [5.74, 6) is -0.127. The van der Waals surface area contributed by atoms with Crippen LogP contribution in [0.15, 0.2) is 0 Å². The predicted octanol–water partition coefficient (Wildman–Crippen LogP) is 1.55. The first-order valence-electron chi connectivity index (χ1n) is 4.60. The molecule has 1 aliphatic carbocycles. The molecule has 0 atom stereocenters. The first kappa shape index (κ1) is 10.2. The lowest BCUT2D eigenvalue weighted by atomic mass is 9.76. The van der Waals surface area contributed by atoms with E-state index in [4.69, 9.17) is 4.74 Å². The summed E-state index contributed by atoms with van der Waals surface area (Å²) in [7, 11) is 0. The smallest absolute Gasteiger partial charge is 0.309 e. The second kappa shape index (κ2) is 3.48. The van der Waals surface area contributed by atoms with Gasteiger partial charge in [0.25, 0.3) is 0 Å². The van der Waals surface area contributed by atoms with E-state index in [0.717, 1.165) is 6.29 Å². The summed E-state index contributed by atoms with van der Waals surface area (Å²) in [6.07, 6.45) is 2.25. The van der Waals surface area contributed by atoms with Crippen molar-refractivity contribution in [2.24, 2.45) is 11.8 Å². The van der Waals surface area contributed by atoms with Crippen molar-refractivity contribution in [1.29, 1.82) is 0 Å². The third kappa shape index (κ3) is 2.83. The van der Waals surface area contributed by atoms with Crippen LogP contribution in [0.3, 0.4) is 0 Å². The molecule has 0 radical (unpaired) electrons. The van der Waals surface area contributed by atoms with E-state index in [0.29, 0.717) is 12.8 Å². The zero-order valence-corrected chi connectivity index (χ0v) is 8.37. The molecule has 1 aliphatic rings. The molecule has 0 aliphatic heterocycles. The molecule has 0 bridgehead atoms. The fraction of sp³-hybridized carbons (Fsp3) is 0.800. The minimum atomic E-state index is -0.413. The number of hydrogen-bond donors (Lipinski definition) is 0. The minimum absolute atomic E-state index is 0.0468. The number of carbonyl (C=O) groups excluding carboxylic acids is 2. The largest absolute Gasteiger partial charge is 0.460 e. The Balaban J connectivity index is 2.31. The third-order valence-electron chi connectivity index (χ3n) is 2.11. The molecule has 0 heterocycles. The van der Waals surface area contributed by atoms with Crippen molar-refractivity contribution in [2.75, 3.05) is 0 Å². The molecule has 3 nitrogen and oxygen atoms in total. The SMILES string of the molecule is CC(C)(C)OC(=O)C1CC(C=O)C1. The van der Waals surface area contributed by atoms with Gasteiger partial charge in [-0.15, -0.1) is 0 Å². The fourth-order valence-electron chi connectivity index (χ4n) is 1.35. The van der Waals surface area contributed by atoms with Gasteiger partial charge in [-0.25, -0.2) is 0 Å². The van der Waals surface area contributed by atoms with Crippen LogP contribution in [-0.2, 0) is 14.3 Å². The Morgan fingerprint density at radius 2 is 1.92 bits per heavy atom. The molecule has 0 amide bonds. The van der Waals surface area contributed by atoms with Crippen LogP contribution in [0, 0.1) is 11.8 Å². The number of esters is 1. The molecular formula is C10H16O3. The third-order valence-corrected chi connectivity index (χ3v) is 2.11. The first-order valence-corrected chi connectivity index (χ1v) is 4.60. The molecule has 0 aromatic rings. The van der Waals surface area contributed by atoms with Crippen molar-refractivity contribution in [2.45, 2.75) is 39.2 Å². The number of rotatable bonds is 2. The van der Waals surface area contributed by atoms with Crippen molar-refractivity contribution in [1.82, 2.24) is 0 Å². The van der Waals surface area contributed by atoms with Gasteiger partial charge in [0.2, 0.25) is 0 Å². The van der Waals surface area contributed by atoms with E-state index in [9.17, 15) is 9.59 Å². The molecule has 1 fully saturated rings. The second-order valence-corrected chi connectivity index (χ2v) is 4.60. The maximum Gasteiger partial charge on any atom is 0.309 e. The molecule has 1 saturated carbocycles. The summed E-state index contributed by atoms with van der Waals surface area (Å²) in [5, 5.41) is 0. The molecule has 0 spiro atoms. The average molecular weight is 184 g/mol. The van der Waals surface area contributed by atoms with Gasteiger partial charge in [0.05, 0.1) is 5.92 Å². The van der Waals surface area contributed by atoms with Gasteiger partial charge in [-0.3, -0.25) is 4.79 Å². The topological polar surface area (TPSA) is 43.4 Å². The molecule has 0 unspecified atom stereocenters. The van der Waals surface area contributed by atoms with E-state index < -0.39 is 5.60 Å². The van der Waals surface area contributed by atoms with Gasteiger partial charge >= 0.3 is 5.97 Å². The summed E-state index contributed by atoms with van der Waals surface area (Å²) in [6.45, 7) is 5.54. The number of hydrogen-bond acceptors (Lipinski definition) is 3. The number of aldehydes is 1. The average Bonchev–Trinajstić information content (AvgIpc) is 1.79. The van der Waals surface area contributed by atoms with Gasteiger partial charge in [-0.05, 0) is 33.6 Å². The first-order chi connectivity index (χ1) is 5.92. The molecule has 74 valence electrons. The van der Waals surface area contributed by atoms with E-state index in [-0.39, 0.29) is 17.8 Å². The van der Waals surface area contributed by atoms with Gasteiger partial charge in [-0.1, -0.05) is 0 Å². The summed E-state index contributed by atoms with van der Waals surface area (Å²) in [4.78, 5) is 21.7. The van der Waals surface area contributed by atoms with Crippen LogP contribution in [0.4, 0.5) is 0 Å². The van der Waals surface area contributed by atoms with Crippen LogP contribution < -0.4 is 0 Å². The Hall–Kier alpha value is -0.860. The molecule has 0 aromatic heterocycles. The lowest BCUT2D eigenvalue weighted by Gasteiger charge is -2.32. The standard InChI is InChI=1S/C10H16O3/c1-10(2,3)13-9(12)8-4-7(5-8)6-11/h6-8H,4-5H2,1-3H3. The van der Waals surface area contributed by atoms with Gasteiger partial charge in [0.1, 0.15) is 11.9 Å². The Morgan fingerprint density at radius 1 is 1.38 bits per heavy atom. The van der Waals surface area contributed by atoms with Crippen LogP contribution >= 0.6 is 0 Å². The minimum Gasteiger partial charge on any atom is -0.460 e. The highest BCUT2D eigenvalue weighted by Gasteiger charge is 2.36. The quantitative estimate of drug-likeness (QED) is 0.483. The molecule has 0 saturated heterocycles. The van der Waals surface area contributed by atoms with Gasteiger partial charge in [0, 0.05) is 5.92 Å². The lowest BCUT2D eigenvalue weighted by Crippen LogP contribution is -2.36. The summed E-state index contributed by atoms with van der Waals surface area (Å²) >= 11 is 0. The van der Waals surface area contributed by atoms with Gasteiger partial charge < -0.3 is 9.53 Å². The number of carbonyl (C=O) groups is 2. The van der Waals surface area contributed by atoms with Gasteiger partial charge in [-0.2, -0.15) is 0 Å². The Kier molecular flexibility index (Phi) is 2.74. The molecule has 0 aromatic carbocycles. The van der Waals surface area contributed by atoms with E-state index in [1.807, 2.05) is 20.8 Å². The van der Waals surface area contributed by atoms with Gasteiger partial charge in [0.15, 0.2) is 0 Å². The summed E-state index contributed by atoms with van der Waals surface area (Å²) < 4.78 is 5.18. The highest BCUT2D eigenvalue weighted by molar-refractivity contribution is 5.76. The van der Waals surface area contributed by atoms with Crippen LogP contribution in [0.25, 0.3) is 0 Å². The Labute approximate surface area is 78.5 Å². The lowest BCUT2D eigenvalue weighted by molar-refractivity contribution is -0.164. The van der Waals surface area contributed by atoms with Crippen molar-refractivity contribution in [3.05, 3.63) is 0 Å². The van der Waals surface area contributed by atoms with Crippen molar-refractivity contribution in [3.8, 4) is 0 Å². The maximum absolute atomic E-state index is 11.4. The van der Waals surface area contributed by atoms with E-state index in [2.05, 4.69) is 0 Å². The van der Waals surface area contributed by atoms with Crippen LogP contribution in [0.5, 0.6) is 0 Å². The van der Waals surface area contributed by atoms with E-state index in [1.54, 1.807) is 0 Å². The molecular weight excluding hydrogens is 168 g/mol. The highest BCUT2D eigenvalue weighted by Crippen LogP contribution is 2.33. The monoisotopic (exact) mass is 184 g/mol. The van der Waals surface area contributed by atoms with E-state index >= 15 is 0 Å². The van der Waals surface area contributed by atoms with Crippen LogP contribution in [0.1, 0.15) is 33.6 Å². The predicted molar refractivity (Wildman–Crippen MR) is 48.1 cm³/mol. The van der Waals surface area contributed by atoms with Crippen molar-refractivity contribution in [3.63, 3.8) is 0 Å². The molecule has 1 rings (SSSR count). The zero-order valence-electron chi connectivity index (χ0n) is 8.37. The van der Waals surface area contributed by atoms with Crippen LogP contribution in [0.2, 0.25) is 0 Å². The normalized spacial score (nSPS) is 27.6. The second-order valence-electron chi connectivity index (χ2n) is 4.60. The van der Waals surface area contributed by atoms with Crippen molar-refractivity contribution >= 4 is 12.3 Å². The summed E-state index contributed by atoms with van der Waals surface area (Å²) in [5.41, 5.74) is -0.413. The highest BCUT2D eigenvalue weighted by atomic mass is 16.6. The number of ether oxygens (including phenoxy) is 1. The summed E-state index contributed by atoms with van der Waals surface area (Å²) in [6, 6.07) is 0. The van der Waals surface area contributed by atoms with Crippen molar-refractivity contribution < 1.29 is 14.3 Å². The maximum atomic E-state index is 11.4. The molecule has 13 heavy (non-hydrogen) atoms. The zero-order chi connectivity index (χ0) is 10.1. The molecule has 0 N–H and O–H groups in total. The Bertz CT molecular complexity index is 209.